The number of methoxy groups -OCH3 is 1. The molecule has 8 nitrogen and oxygen atoms in total. The average molecular weight is 486 g/mol. The van der Waals surface area contributed by atoms with Crippen LogP contribution in [0.1, 0.15) is 6.42 Å². The molecule has 4 rings (SSSR count). The number of ether oxygens (including phenoxy) is 1. The van der Waals surface area contributed by atoms with Crippen LogP contribution in [0.4, 0.5) is 17.1 Å². The highest BCUT2D eigenvalue weighted by Crippen LogP contribution is 2.28. The van der Waals surface area contributed by atoms with Gasteiger partial charge < -0.3 is 10.1 Å². The average Bonchev–Trinajstić information content (AvgIpc) is 3.06. The van der Waals surface area contributed by atoms with Gasteiger partial charge in [-0.1, -0.05) is 23.7 Å². The molecule has 2 amide bonds. The fraction of sp³-hybridized carbons (Fsp3) is 0.130. The zero-order chi connectivity index (χ0) is 23.6. The van der Waals surface area contributed by atoms with Gasteiger partial charge in [-0.15, -0.1) is 0 Å². The number of amides is 2. The highest BCUT2D eigenvalue weighted by molar-refractivity contribution is 7.92. The Kier molecular flexibility index (Phi) is 6.26. The zero-order valence-electron chi connectivity index (χ0n) is 17.5. The third-order valence-electron chi connectivity index (χ3n) is 5.04. The SMILES string of the molecule is COc1ccc(N2C(=O)C[C@@H](Nc3cccc(S(=O)(=O)Nc4cccc(Cl)c4)c3)C2=O)cc1. The molecule has 1 heterocycles. The smallest absolute Gasteiger partial charge is 0.261 e. The number of carbonyl (C=O) groups is 2. The van der Waals surface area contributed by atoms with Crippen molar-refractivity contribution in [2.45, 2.75) is 17.4 Å². The van der Waals surface area contributed by atoms with Crippen LogP contribution < -0.4 is 19.7 Å². The van der Waals surface area contributed by atoms with E-state index >= 15 is 0 Å². The molecule has 0 unspecified atom stereocenters. The molecule has 1 aliphatic heterocycles. The van der Waals surface area contributed by atoms with Crippen LogP contribution in [-0.4, -0.2) is 33.4 Å². The van der Waals surface area contributed by atoms with Gasteiger partial charge >= 0.3 is 0 Å². The van der Waals surface area contributed by atoms with Crippen LogP contribution in [0, 0.1) is 0 Å². The van der Waals surface area contributed by atoms with Crippen molar-refractivity contribution in [1.29, 1.82) is 0 Å². The summed E-state index contributed by atoms with van der Waals surface area (Å²) in [6.45, 7) is 0. The number of sulfonamides is 1. The molecule has 1 atom stereocenters. The Morgan fingerprint density at radius 1 is 0.970 bits per heavy atom. The summed E-state index contributed by atoms with van der Waals surface area (Å²) in [5, 5.41) is 3.38. The van der Waals surface area contributed by atoms with Crippen LogP contribution in [0.5, 0.6) is 5.75 Å². The summed E-state index contributed by atoms with van der Waals surface area (Å²) in [6, 6.07) is 18.1. The molecule has 3 aromatic rings. The number of nitrogens with zero attached hydrogens (tertiary/aromatic N) is 1. The lowest BCUT2D eigenvalue weighted by atomic mass is 10.2. The van der Waals surface area contributed by atoms with Crippen molar-refractivity contribution in [2.75, 3.05) is 22.0 Å². The van der Waals surface area contributed by atoms with Crippen molar-refractivity contribution >= 4 is 50.5 Å². The Balaban J connectivity index is 1.51. The summed E-state index contributed by atoms with van der Waals surface area (Å²) < 4.78 is 33.1. The summed E-state index contributed by atoms with van der Waals surface area (Å²) in [4.78, 5) is 26.5. The third kappa shape index (κ3) is 4.94. The van der Waals surface area contributed by atoms with Gasteiger partial charge in [0.25, 0.3) is 15.9 Å². The molecule has 0 spiro atoms. The first-order valence-corrected chi connectivity index (χ1v) is 11.8. The minimum absolute atomic E-state index is 0.00346. The Hall–Kier alpha value is -3.56. The van der Waals surface area contributed by atoms with E-state index in [9.17, 15) is 18.0 Å². The highest BCUT2D eigenvalue weighted by Gasteiger charge is 2.39. The fourth-order valence-corrected chi connectivity index (χ4v) is 4.75. The van der Waals surface area contributed by atoms with Gasteiger partial charge in [0, 0.05) is 10.7 Å². The van der Waals surface area contributed by atoms with Crippen LogP contribution in [0.3, 0.4) is 0 Å². The quantitative estimate of drug-likeness (QED) is 0.492. The fourth-order valence-electron chi connectivity index (χ4n) is 3.47. The molecule has 2 N–H and O–H groups in total. The second kappa shape index (κ2) is 9.13. The van der Waals surface area contributed by atoms with Crippen LogP contribution in [0.2, 0.25) is 5.02 Å². The van der Waals surface area contributed by atoms with E-state index in [2.05, 4.69) is 10.0 Å². The summed E-state index contributed by atoms with van der Waals surface area (Å²) in [7, 11) is -2.37. The molecule has 0 aromatic heterocycles. The molecular formula is C23H20ClN3O5S. The standard InChI is InChI=1S/C23H20ClN3O5S/c1-32-19-10-8-18(9-11-19)27-22(28)14-21(23(27)29)25-16-5-3-7-20(13-16)33(30,31)26-17-6-2-4-15(24)12-17/h2-13,21,25-26H,14H2,1H3/t21-/m1/s1. The minimum Gasteiger partial charge on any atom is -0.497 e. The van der Waals surface area contributed by atoms with Crippen molar-refractivity contribution < 1.29 is 22.7 Å². The molecule has 0 bridgehead atoms. The van der Waals surface area contributed by atoms with E-state index in [0.29, 0.717) is 27.8 Å². The summed E-state index contributed by atoms with van der Waals surface area (Å²) in [6.07, 6.45) is -0.0530. The van der Waals surface area contributed by atoms with E-state index in [-0.39, 0.29) is 17.2 Å². The summed E-state index contributed by atoms with van der Waals surface area (Å²) in [5.74, 6) is -0.165. The second-order valence-corrected chi connectivity index (χ2v) is 9.43. The molecular weight excluding hydrogens is 466 g/mol. The number of rotatable bonds is 7. The molecule has 33 heavy (non-hydrogen) atoms. The predicted octanol–water partition coefficient (Wildman–Crippen LogP) is 3.89. The molecule has 0 radical (unpaired) electrons. The largest absolute Gasteiger partial charge is 0.497 e. The lowest BCUT2D eigenvalue weighted by molar-refractivity contribution is -0.121. The van der Waals surface area contributed by atoms with Gasteiger partial charge in [0.05, 0.1) is 29.8 Å². The van der Waals surface area contributed by atoms with Crippen LogP contribution in [0.25, 0.3) is 0 Å². The van der Waals surface area contributed by atoms with Crippen LogP contribution in [-0.2, 0) is 19.6 Å². The van der Waals surface area contributed by atoms with Gasteiger partial charge in [-0.2, -0.15) is 0 Å². The first-order valence-electron chi connectivity index (χ1n) is 9.93. The number of imide groups is 1. The predicted molar refractivity (Wildman–Crippen MR) is 126 cm³/mol. The van der Waals surface area contributed by atoms with Gasteiger partial charge in [0.15, 0.2) is 0 Å². The molecule has 170 valence electrons. The normalized spacial score (nSPS) is 16.1. The number of hydrogen-bond donors (Lipinski definition) is 2. The number of benzene rings is 3. The van der Waals surface area contributed by atoms with E-state index in [4.69, 9.17) is 16.3 Å². The topological polar surface area (TPSA) is 105 Å². The van der Waals surface area contributed by atoms with Crippen molar-refractivity contribution in [2.24, 2.45) is 0 Å². The van der Waals surface area contributed by atoms with Gasteiger partial charge in [-0.25, -0.2) is 13.3 Å². The first-order chi connectivity index (χ1) is 15.8. The van der Waals surface area contributed by atoms with Crippen molar-refractivity contribution in [3.05, 3.63) is 77.8 Å². The second-order valence-electron chi connectivity index (χ2n) is 7.31. The molecule has 1 fully saturated rings. The van der Waals surface area contributed by atoms with Gasteiger partial charge in [-0.3, -0.25) is 14.3 Å². The number of carbonyl (C=O) groups excluding carboxylic acids is 2. The van der Waals surface area contributed by atoms with Gasteiger partial charge in [0.2, 0.25) is 5.91 Å². The van der Waals surface area contributed by atoms with Crippen LogP contribution in [0.15, 0.2) is 77.7 Å². The van der Waals surface area contributed by atoms with Gasteiger partial charge in [0.1, 0.15) is 11.8 Å². The van der Waals surface area contributed by atoms with E-state index in [0.717, 1.165) is 4.90 Å². The Labute approximate surface area is 196 Å². The maximum Gasteiger partial charge on any atom is 0.261 e. The summed E-state index contributed by atoms with van der Waals surface area (Å²) >= 11 is 5.92. The van der Waals surface area contributed by atoms with Gasteiger partial charge in [-0.05, 0) is 60.7 Å². The maximum atomic E-state index is 12.9. The number of hydrogen-bond acceptors (Lipinski definition) is 6. The number of halogens is 1. The third-order valence-corrected chi connectivity index (χ3v) is 6.65. The molecule has 1 aliphatic rings. The Morgan fingerprint density at radius 3 is 2.36 bits per heavy atom. The van der Waals surface area contributed by atoms with Crippen LogP contribution >= 0.6 is 11.6 Å². The molecule has 10 heteroatoms. The number of nitrogens with one attached hydrogen (secondary N) is 2. The Morgan fingerprint density at radius 2 is 1.67 bits per heavy atom. The lowest BCUT2D eigenvalue weighted by Crippen LogP contribution is -2.34. The molecule has 0 aliphatic carbocycles. The van der Waals surface area contributed by atoms with Crippen molar-refractivity contribution in [3.63, 3.8) is 0 Å². The van der Waals surface area contributed by atoms with Crippen molar-refractivity contribution in [1.82, 2.24) is 0 Å². The maximum absolute atomic E-state index is 12.9. The first kappa shape index (κ1) is 22.6. The monoisotopic (exact) mass is 485 g/mol. The van der Waals surface area contributed by atoms with Crippen molar-refractivity contribution in [3.8, 4) is 5.75 Å². The Bertz CT molecular complexity index is 1310. The zero-order valence-corrected chi connectivity index (χ0v) is 19.1. The molecule has 3 aromatic carbocycles. The van der Waals surface area contributed by atoms with E-state index in [1.165, 1.54) is 25.3 Å². The number of anilines is 3. The van der Waals surface area contributed by atoms with E-state index in [1.807, 2.05) is 0 Å². The lowest BCUT2D eigenvalue weighted by Gasteiger charge is -2.17. The van der Waals surface area contributed by atoms with E-state index in [1.54, 1.807) is 54.6 Å². The van der Waals surface area contributed by atoms with E-state index < -0.39 is 22.0 Å². The molecule has 0 saturated carbocycles. The minimum atomic E-state index is -3.89. The highest BCUT2D eigenvalue weighted by atomic mass is 35.5. The summed E-state index contributed by atoms with van der Waals surface area (Å²) in [5.41, 5.74) is 1.16. The molecule has 1 saturated heterocycles.